The predicted octanol–water partition coefficient (Wildman–Crippen LogP) is 2.84. The van der Waals surface area contributed by atoms with Gasteiger partial charge in [-0.2, -0.15) is 0 Å². The summed E-state index contributed by atoms with van der Waals surface area (Å²) in [6, 6.07) is 6.18. The third kappa shape index (κ3) is 3.91. The molecule has 0 bridgehead atoms. The summed E-state index contributed by atoms with van der Waals surface area (Å²) in [5.41, 5.74) is 3.41. The van der Waals surface area contributed by atoms with E-state index in [2.05, 4.69) is 43.3 Å². The van der Waals surface area contributed by atoms with Crippen molar-refractivity contribution >= 4 is 15.9 Å². The SMILES string of the molecule is Cc1ccc(CNCc2cncc(Br)c2)cn1. The maximum atomic E-state index is 4.26. The number of nitrogens with zero attached hydrogens (tertiary/aromatic N) is 2. The Morgan fingerprint density at radius 3 is 2.65 bits per heavy atom. The van der Waals surface area contributed by atoms with Gasteiger partial charge in [0.05, 0.1) is 0 Å². The summed E-state index contributed by atoms with van der Waals surface area (Å²) in [5.74, 6) is 0. The minimum atomic E-state index is 0.806. The van der Waals surface area contributed by atoms with Crippen LogP contribution in [0.2, 0.25) is 0 Å². The Morgan fingerprint density at radius 1 is 1.12 bits per heavy atom. The number of nitrogens with one attached hydrogen (secondary N) is 1. The molecule has 0 unspecified atom stereocenters. The third-order valence-corrected chi connectivity index (χ3v) is 2.83. The normalized spacial score (nSPS) is 10.5. The first-order valence-electron chi connectivity index (χ1n) is 5.46. The minimum absolute atomic E-state index is 0.806. The monoisotopic (exact) mass is 291 g/mol. The molecule has 2 aromatic heterocycles. The van der Waals surface area contributed by atoms with E-state index in [-0.39, 0.29) is 0 Å². The van der Waals surface area contributed by atoms with E-state index in [4.69, 9.17) is 0 Å². The number of hydrogen-bond acceptors (Lipinski definition) is 3. The number of rotatable bonds is 4. The zero-order valence-electron chi connectivity index (χ0n) is 9.65. The Hall–Kier alpha value is -1.26. The van der Waals surface area contributed by atoms with Crippen molar-refractivity contribution in [3.8, 4) is 0 Å². The van der Waals surface area contributed by atoms with Crippen LogP contribution in [0, 0.1) is 6.92 Å². The molecular formula is C13H14BrN3. The highest BCUT2D eigenvalue weighted by Crippen LogP contribution is 2.09. The van der Waals surface area contributed by atoms with Gasteiger partial charge in [-0.3, -0.25) is 9.97 Å². The summed E-state index contributed by atoms with van der Waals surface area (Å²) >= 11 is 3.41. The van der Waals surface area contributed by atoms with E-state index in [1.54, 1.807) is 6.20 Å². The second-order valence-electron chi connectivity index (χ2n) is 3.92. The summed E-state index contributed by atoms with van der Waals surface area (Å²) in [6.07, 6.45) is 5.56. The zero-order chi connectivity index (χ0) is 12.1. The van der Waals surface area contributed by atoms with Crippen LogP contribution in [0.3, 0.4) is 0 Å². The van der Waals surface area contributed by atoms with Crippen LogP contribution in [0.5, 0.6) is 0 Å². The lowest BCUT2D eigenvalue weighted by atomic mass is 10.2. The summed E-state index contributed by atoms with van der Waals surface area (Å²) in [7, 11) is 0. The Balaban J connectivity index is 1.85. The molecule has 88 valence electrons. The van der Waals surface area contributed by atoms with Crippen LogP contribution in [0.1, 0.15) is 16.8 Å². The minimum Gasteiger partial charge on any atom is -0.309 e. The van der Waals surface area contributed by atoms with Crippen LogP contribution >= 0.6 is 15.9 Å². The van der Waals surface area contributed by atoms with Crippen molar-refractivity contribution in [2.24, 2.45) is 0 Å². The van der Waals surface area contributed by atoms with Gasteiger partial charge in [0.25, 0.3) is 0 Å². The van der Waals surface area contributed by atoms with Gasteiger partial charge in [-0.1, -0.05) is 6.07 Å². The molecule has 0 amide bonds. The molecule has 0 aliphatic rings. The number of halogens is 1. The molecular weight excluding hydrogens is 278 g/mol. The molecule has 0 spiro atoms. The molecule has 0 saturated carbocycles. The Morgan fingerprint density at radius 2 is 1.94 bits per heavy atom. The van der Waals surface area contributed by atoms with Crippen molar-refractivity contribution in [3.63, 3.8) is 0 Å². The van der Waals surface area contributed by atoms with Gasteiger partial charge in [-0.25, -0.2) is 0 Å². The fourth-order valence-corrected chi connectivity index (χ4v) is 1.92. The van der Waals surface area contributed by atoms with Gasteiger partial charge >= 0.3 is 0 Å². The van der Waals surface area contributed by atoms with Crippen molar-refractivity contribution in [1.82, 2.24) is 15.3 Å². The van der Waals surface area contributed by atoms with E-state index in [9.17, 15) is 0 Å². The van der Waals surface area contributed by atoms with Crippen molar-refractivity contribution in [1.29, 1.82) is 0 Å². The lowest BCUT2D eigenvalue weighted by Crippen LogP contribution is -2.13. The molecule has 0 aliphatic carbocycles. The lowest BCUT2D eigenvalue weighted by Gasteiger charge is -2.05. The average molecular weight is 292 g/mol. The first-order valence-corrected chi connectivity index (χ1v) is 6.25. The highest BCUT2D eigenvalue weighted by molar-refractivity contribution is 9.10. The van der Waals surface area contributed by atoms with Gasteiger partial charge in [0.2, 0.25) is 0 Å². The smallest absolute Gasteiger partial charge is 0.0410 e. The van der Waals surface area contributed by atoms with Gasteiger partial charge in [0.15, 0.2) is 0 Å². The fourth-order valence-electron chi connectivity index (χ4n) is 1.51. The number of hydrogen-bond donors (Lipinski definition) is 1. The van der Waals surface area contributed by atoms with Gasteiger partial charge in [0, 0.05) is 41.8 Å². The average Bonchev–Trinajstić information content (AvgIpc) is 2.32. The maximum Gasteiger partial charge on any atom is 0.0410 e. The summed E-state index contributed by atoms with van der Waals surface area (Å²) in [5, 5.41) is 3.36. The quantitative estimate of drug-likeness (QED) is 0.941. The van der Waals surface area contributed by atoms with E-state index < -0.39 is 0 Å². The Bertz CT molecular complexity index is 482. The van der Waals surface area contributed by atoms with Crippen LogP contribution < -0.4 is 5.32 Å². The second kappa shape index (κ2) is 5.89. The van der Waals surface area contributed by atoms with Gasteiger partial charge < -0.3 is 5.32 Å². The third-order valence-electron chi connectivity index (χ3n) is 2.39. The van der Waals surface area contributed by atoms with Crippen molar-refractivity contribution in [2.75, 3.05) is 0 Å². The van der Waals surface area contributed by atoms with E-state index in [1.165, 1.54) is 11.1 Å². The van der Waals surface area contributed by atoms with Crippen LogP contribution in [0.15, 0.2) is 41.3 Å². The first-order chi connectivity index (χ1) is 8.24. The van der Waals surface area contributed by atoms with Gasteiger partial charge in [-0.15, -0.1) is 0 Å². The maximum absolute atomic E-state index is 4.26. The molecule has 0 aliphatic heterocycles. The molecule has 4 heteroatoms. The van der Waals surface area contributed by atoms with Crippen LogP contribution in [-0.4, -0.2) is 9.97 Å². The number of pyridine rings is 2. The number of aromatic nitrogens is 2. The molecule has 2 rings (SSSR count). The molecule has 0 atom stereocenters. The highest BCUT2D eigenvalue weighted by Gasteiger charge is 1.96. The molecule has 2 heterocycles. The van der Waals surface area contributed by atoms with E-state index in [1.807, 2.05) is 25.4 Å². The molecule has 17 heavy (non-hydrogen) atoms. The molecule has 2 aromatic rings. The van der Waals surface area contributed by atoms with E-state index >= 15 is 0 Å². The summed E-state index contributed by atoms with van der Waals surface area (Å²) in [4.78, 5) is 8.38. The zero-order valence-corrected chi connectivity index (χ0v) is 11.2. The predicted molar refractivity (Wildman–Crippen MR) is 71.5 cm³/mol. The molecule has 3 nitrogen and oxygen atoms in total. The van der Waals surface area contributed by atoms with Crippen molar-refractivity contribution in [2.45, 2.75) is 20.0 Å². The number of aryl methyl sites for hydroxylation is 1. The van der Waals surface area contributed by atoms with E-state index in [0.717, 1.165) is 23.3 Å². The standard InChI is InChI=1S/C13H14BrN3/c1-10-2-3-11(8-17-10)5-15-6-12-4-13(14)9-16-7-12/h2-4,7-9,15H,5-6H2,1H3. The van der Waals surface area contributed by atoms with Crippen LogP contribution in [-0.2, 0) is 13.1 Å². The molecule has 0 aromatic carbocycles. The van der Waals surface area contributed by atoms with Crippen molar-refractivity contribution in [3.05, 3.63) is 58.1 Å². The summed E-state index contributed by atoms with van der Waals surface area (Å²) in [6.45, 7) is 3.62. The molecule has 1 N–H and O–H groups in total. The van der Waals surface area contributed by atoms with Crippen LogP contribution in [0.4, 0.5) is 0 Å². The molecule has 0 fully saturated rings. The Labute approximate surface area is 109 Å². The second-order valence-corrected chi connectivity index (χ2v) is 4.84. The van der Waals surface area contributed by atoms with Crippen LogP contribution in [0.25, 0.3) is 0 Å². The van der Waals surface area contributed by atoms with Gasteiger partial charge in [-0.05, 0) is 46.1 Å². The lowest BCUT2D eigenvalue weighted by molar-refractivity contribution is 0.689. The molecule has 0 radical (unpaired) electrons. The van der Waals surface area contributed by atoms with Crippen molar-refractivity contribution < 1.29 is 0 Å². The Kier molecular flexibility index (Phi) is 4.23. The summed E-state index contributed by atoms with van der Waals surface area (Å²) < 4.78 is 1.01. The molecule has 0 saturated heterocycles. The fraction of sp³-hybridized carbons (Fsp3) is 0.231. The van der Waals surface area contributed by atoms with Gasteiger partial charge in [0.1, 0.15) is 0 Å². The topological polar surface area (TPSA) is 37.8 Å². The largest absolute Gasteiger partial charge is 0.309 e. The first kappa shape index (κ1) is 12.2. The van der Waals surface area contributed by atoms with E-state index in [0.29, 0.717) is 0 Å². The highest BCUT2D eigenvalue weighted by atomic mass is 79.9.